The van der Waals surface area contributed by atoms with E-state index in [9.17, 15) is 0 Å². The van der Waals surface area contributed by atoms with E-state index in [1.165, 1.54) is 18.4 Å². The fourth-order valence-corrected chi connectivity index (χ4v) is 3.19. The van der Waals surface area contributed by atoms with Crippen LogP contribution in [-0.4, -0.2) is 0 Å². The minimum absolute atomic E-state index is 0.181. The lowest BCUT2D eigenvalue weighted by Crippen LogP contribution is -2.49. The van der Waals surface area contributed by atoms with Crippen LogP contribution in [-0.2, 0) is 0 Å². The van der Waals surface area contributed by atoms with Crippen molar-refractivity contribution in [3.8, 4) is 6.07 Å². The van der Waals surface area contributed by atoms with Crippen LogP contribution in [0.1, 0.15) is 40.0 Å². The summed E-state index contributed by atoms with van der Waals surface area (Å²) < 4.78 is 0. The molecule has 3 atom stereocenters. The maximum absolute atomic E-state index is 9.09. The molecule has 0 saturated heterocycles. The summed E-state index contributed by atoms with van der Waals surface area (Å²) in [6.07, 6.45) is 5.86. The molecule has 0 N–H and O–H groups in total. The maximum Gasteiger partial charge on any atom is 0.0700 e. The fraction of sp³-hybridized carbons (Fsp3) is 0.769. The lowest BCUT2D eigenvalue weighted by Gasteiger charge is -2.57. The van der Waals surface area contributed by atoms with E-state index in [1.807, 2.05) is 0 Å². The summed E-state index contributed by atoms with van der Waals surface area (Å²) in [5.41, 5.74) is 1.91. The van der Waals surface area contributed by atoms with Crippen molar-refractivity contribution in [3.63, 3.8) is 0 Å². The third-order valence-electron chi connectivity index (χ3n) is 4.48. The summed E-state index contributed by atoms with van der Waals surface area (Å²) in [6.45, 7) is 6.85. The average Bonchev–Trinajstić information content (AvgIpc) is 2.19. The Morgan fingerprint density at radius 1 is 1.64 bits per heavy atom. The first-order chi connectivity index (χ1) is 6.61. The molecule has 0 heterocycles. The lowest BCUT2D eigenvalue weighted by molar-refractivity contribution is -0.0110. The topological polar surface area (TPSA) is 23.8 Å². The lowest BCUT2D eigenvalue weighted by atomic mass is 9.47. The molecule has 2 bridgehead atoms. The number of hydrogen-bond donors (Lipinski definition) is 0. The molecule has 14 heavy (non-hydrogen) atoms. The fourth-order valence-electron chi connectivity index (χ4n) is 3.19. The second kappa shape index (κ2) is 3.12. The first-order valence-electron chi connectivity index (χ1n) is 5.70. The quantitative estimate of drug-likeness (QED) is 0.610. The Bertz CT molecular complexity index is 306. The number of fused-ring (bicyclic) bond motifs is 1. The second-order valence-electron chi connectivity index (χ2n) is 5.34. The van der Waals surface area contributed by atoms with Crippen LogP contribution in [0.3, 0.4) is 0 Å². The van der Waals surface area contributed by atoms with Crippen molar-refractivity contribution in [2.45, 2.75) is 40.0 Å². The summed E-state index contributed by atoms with van der Waals surface area (Å²) in [5, 5.41) is 9.09. The Hall–Kier alpha value is -0.770. The summed E-state index contributed by atoms with van der Waals surface area (Å²) >= 11 is 0. The normalized spacial score (nSPS) is 35.1. The van der Waals surface area contributed by atoms with Crippen LogP contribution in [0, 0.1) is 34.5 Å². The van der Waals surface area contributed by atoms with E-state index in [2.05, 4.69) is 32.9 Å². The minimum Gasteiger partial charge on any atom is -0.198 e. The van der Waals surface area contributed by atoms with Gasteiger partial charge in [-0.15, -0.1) is 0 Å². The van der Waals surface area contributed by atoms with Gasteiger partial charge < -0.3 is 0 Å². The molecule has 0 aromatic heterocycles. The van der Waals surface area contributed by atoms with Crippen molar-refractivity contribution in [1.82, 2.24) is 0 Å². The first kappa shape index (κ1) is 9.77. The number of hydrogen-bond acceptors (Lipinski definition) is 1. The van der Waals surface area contributed by atoms with Gasteiger partial charge in [-0.05, 0) is 36.5 Å². The molecule has 1 nitrogen and oxygen atoms in total. The van der Waals surface area contributed by atoms with Crippen molar-refractivity contribution in [3.05, 3.63) is 11.6 Å². The van der Waals surface area contributed by atoms with Crippen LogP contribution in [0.4, 0.5) is 0 Å². The monoisotopic (exact) mass is 189 g/mol. The van der Waals surface area contributed by atoms with Crippen LogP contribution in [0.15, 0.2) is 11.6 Å². The molecular formula is C13H19N. The molecule has 3 aliphatic rings. The van der Waals surface area contributed by atoms with Gasteiger partial charge in [0.1, 0.15) is 0 Å². The van der Waals surface area contributed by atoms with Crippen molar-refractivity contribution >= 4 is 0 Å². The molecule has 0 radical (unpaired) electrons. The Balaban J connectivity index is 2.23. The van der Waals surface area contributed by atoms with Crippen molar-refractivity contribution in [2.75, 3.05) is 0 Å². The molecule has 3 aliphatic carbocycles. The first-order valence-corrected chi connectivity index (χ1v) is 5.70. The summed E-state index contributed by atoms with van der Waals surface area (Å²) in [6, 6.07) is 2.45. The van der Waals surface area contributed by atoms with Gasteiger partial charge in [0.05, 0.1) is 12.0 Å². The predicted octanol–water partition coefficient (Wildman–Crippen LogP) is 3.53. The zero-order chi connectivity index (χ0) is 10.3. The van der Waals surface area contributed by atoms with E-state index in [1.54, 1.807) is 0 Å². The molecule has 0 amide bonds. The van der Waals surface area contributed by atoms with Gasteiger partial charge in [-0.3, -0.25) is 0 Å². The molecule has 0 spiro atoms. The summed E-state index contributed by atoms with van der Waals surface area (Å²) in [4.78, 5) is 0. The molecule has 1 unspecified atom stereocenters. The Morgan fingerprint density at radius 3 is 2.79 bits per heavy atom. The van der Waals surface area contributed by atoms with Gasteiger partial charge in [0.2, 0.25) is 0 Å². The SMILES string of the molecule is CCC(C#N)C1=CC[C@H]2C[C@@H]1C2(C)C. The zero-order valence-corrected chi connectivity index (χ0v) is 9.38. The predicted molar refractivity (Wildman–Crippen MR) is 57.5 cm³/mol. The summed E-state index contributed by atoms with van der Waals surface area (Å²) in [7, 11) is 0. The number of rotatable bonds is 2. The maximum atomic E-state index is 9.09. The van der Waals surface area contributed by atoms with E-state index in [-0.39, 0.29) is 5.92 Å². The Morgan fingerprint density at radius 2 is 2.36 bits per heavy atom. The van der Waals surface area contributed by atoms with E-state index in [4.69, 9.17) is 5.26 Å². The van der Waals surface area contributed by atoms with Crippen LogP contribution in [0.25, 0.3) is 0 Å². The highest BCUT2D eigenvalue weighted by molar-refractivity contribution is 5.28. The molecule has 0 aliphatic heterocycles. The van der Waals surface area contributed by atoms with Crippen LogP contribution >= 0.6 is 0 Å². The van der Waals surface area contributed by atoms with E-state index >= 15 is 0 Å². The second-order valence-corrected chi connectivity index (χ2v) is 5.34. The largest absolute Gasteiger partial charge is 0.198 e. The van der Waals surface area contributed by atoms with Crippen LogP contribution in [0.5, 0.6) is 0 Å². The molecule has 1 saturated carbocycles. The smallest absolute Gasteiger partial charge is 0.0700 e. The molecule has 0 aromatic carbocycles. The molecule has 1 heteroatoms. The highest BCUT2D eigenvalue weighted by Crippen LogP contribution is 2.60. The molecule has 0 aromatic rings. The van der Waals surface area contributed by atoms with Gasteiger partial charge in [0, 0.05) is 0 Å². The number of allylic oxidation sites excluding steroid dienone is 2. The molecule has 3 rings (SSSR count). The van der Waals surface area contributed by atoms with Gasteiger partial charge in [-0.25, -0.2) is 0 Å². The van der Waals surface area contributed by atoms with E-state index < -0.39 is 0 Å². The molecule has 1 fully saturated rings. The zero-order valence-electron chi connectivity index (χ0n) is 9.38. The van der Waals surface area contributed by atoms with Gasteiger partial charge in [0.25, 0.3) is 0 Å². The minimum atomic E-state index is 0.181. The van der Waals surface area contributed by atoms with Crippen molar-refractivity contribution < 1.29 is 0 Å². The van der Waals surface area contributed by atoms with Crippen molar-refractivity contribution in [2.24, 2.45) is 23.2 Å². The highest BCUT2D eigenvalue weighted by Gasteiger charge is 2.52. The molecule has 76 valence electrons. The van der Waals surface area contributed by atoms with Crippen LogP contribution < -0.4 is 0 Å². The number of nitrogens with zero attached hydrogens (tertiary/aromatic N) is 1. The number of nitriles is 1. The molecular weight excluding hydrogens is 170 g/mol. The van der Waals surface area contributed by atoms with Gasteiger partial charge in [-0.1, -0.05) is 32.4 Å². The van der Waals surface area contributed by atoms with E-state index in [0.29, 0.717) is 11.3 Å². The third-order valence-corrected chi connectivity index (χ3v) is 4.48. The van der Waals surface area contributed by atoms with Crippen LogP contribution in [0.2, 0.25) is 0 Å². The third kappa shape index (κ3) is 1.13. The van der Waals surface area contributed by atoms with Gasteiger partial charge in [0.15, 0.2) is 0 Å². The van der Waals surface area contributed by atoms with E-state index in [0.717, 1.165) is 12.3 Å². The van der Waals surface area contributed by atoms with Gasteiger partial charge >= 0.3 is 0 Å². The Labute approximate surface area is 86.8 Å². The summed E-state index contributed by atoms with van der Waals surface area (Å²) in [5.74, 6) is 1.76. The van der Waals surface area contributed by atoms with Crippen molar-refractivity contribution in [1.29, 1.82) is 5.26 Å². The average molecular weight is 189 g/mol. The standard InChI is InChI=1S/C13H19N/c1-4-9(8-14)11-6-5-10-7-12(11)13(10,2)3/h6,9-10,12H,4-5,7H2,1-3H3/t9?,10-,12-/m0/s1. The highest BCUT2D eigenvalue weighted by atomic mass is 14.6. The van der Waals surface area contributed by atoms with Gasteiger partial charge in [-0.2, -0.15) is 5.26 Å². The Kier molecular flexibility index (Phi) is 2.18.